The van der Waals surface area contributed by atoms with Crippen molar-refractivity contribution in [3.63, 3.8) is 0 Å². The van der Waals surface area contributed by atoms with Gasteiger partial charge in [-0.25, -0.2) is 4.98 Å². The molecule has 1 aromatic heterocycles. The van der Waals surface area contributed by atoms with Gasteiger partial charge in [-0.3, -0.25) is 10.2 Å². The number of likely N-dealkylation sites (tertiary alicyclic amines) is 1. The Bertz CT molecular complexity index is 1110. The third-order valence-electron chi connectivity index (χ3n) is 5.18. The Kier molecular flexibility index (Phi) is 5.31. The van der Waals surface area contributed by atoms with E-state index in [9.17, 15) is 4.79 Å². The van der Waals surface area contributed by atoms with E-state index in [4.69, 9.17) is 22.0 Å². The second-order valence-corrected chi connectivity index (χ2v) is 7.36. The van der Waals surface area contributed by atoms with E-state index in [-0.39, 0.29) is 11.9 Å². The fraction of sp³-hybridized carbons (Fsp3) is 0.238. The minimum atomic E-state index is -0.119. The second-order valence-electron chi connectivity index (χ2n) is 6.95. The molecule has 2 aromatic carbocycles. The van der Waals surface area contributed by atoms with Gasteiger partial charge in [0.25, 0.3) is 5.91 Å². The zero-order valence-electron chi connectivity index (χ0n) is 15.9. The Balaban J connectivity index is 1.66. The molecule has 29 heavy (non-hydrogen) atoms. The largest absolute Gasteiger partial charge is 0.340 e. The minimum absolute atomic E-state index is 0.0733. The summed E-state index contributed by atoms with van der Waals surface area (Å²) < 4.78 is 0. The molecule has 2 heterocycles. The number of H-pyrrole nitrogens is 1. The van der Waals surface area contributed by atoms with Crippen LogP contribution in [0.5, 0.6) is 0 Å². The van der Waals surface area contributed by atoms with Gasteiger partial charge in [-0.15, -0.1) is 0 Å². The number of carbonyl (C=O) groups excluding carboxylic acids is 1. The lowest BCUT2D eigenvalue weighted by atomic mass is 10.1. The Morgan fingerprint density at radius 2 is 2.21 bits per heavy atom. The first kappa shape index (κ1) is 19.1. The van der Waals surface area contributed by atoms with E-state index >= 15 is 0 Å². The average molecular weight is 409 g/mol. The van der Waals surface area contributed by atoms with Crippen molar-refractivity contribution in [2.45, 2.75) is 25.8 Å². The number of amides is 1. The summed E-state index contributed by atoms with van der Waals surface area (Å²) in [6.07, 6.45) is 4.15. The van der Waals surface area contributed by atoms with Crippen molar-refractivity contribution >= 4 is 46.7 Å². The van der Waals surface area contributed by atoms with Gasteiger partial charge in [-0.2, -0.15) is 5.10 Å². The van der Waals surface area contributed by atoms with Crippen LogP contribution in [-0.2, 0) is 0 Å². The second kappa shape index (κ2) is 8.05. The molecule has 7 nitrogen and oxygen atoms in total. The topological polar surface area (TPSA) is 97.2 Å². The lowest BCUT2D eigenvalue weighted by Gasteiger charge is -2.24. The smallest absolute Gasteiger partial charge is 0.256 e. The lowest BCUT2D eigenvalue weighted by Crippen LogP contribution is -2.31. The highest BCUT2D eigenvalue weighted by Gasteiger charge is 2.33. The molecule has 8 heteroatoms. The van der Waals surface area contributed by atoms with Gasteiger partial charge in [0.1, 0.15) is 5.82 Å². The van der Waals surface area contributed by atoms with Crippen LogP contribution in [0.1, 0.15) is 40.6 Å². The van der Waals surface area contributed by atoms with Crippen LogP contribution in [0, 0.1) is 12.3 Å². The van der Waals surface area contributed by atoms with Crippen LogP contribution in [0.4, 0.5) is 5.69 Å². The van der Waals surface area contributed by atoms with E-state index < -0.39 is 0 Å². The van der Waals surface area contributed by atoms with Crippen molar-refractivity contribution in [2.75, 3.05) is 12.0 Å². The van der Waals surface area contributed by atoms with Crippen molar-refractivity contribution in [2.24, 2.45) is 5.10 Å². The standard InChI is InChI=1S/C21H21ClN6O/c1-13-15(22)8-9-17-19(13)26-20(25-17)18-7-4-12-28(18)21(29)14-5-2-3-6-16(14)27-24-11-10-23/h2-3,5-6,8-11,18,23,27H,4,7,12H2,1H3,(H,25,26)/b23-10?,24-11-/t18-/m0/s1. The molecule has 0 unspecified atom stereocenters. The number of halogens is 1. The summed E-state index contributed by atoms with van der Waals surface area (Å²) in [6, 6.07) is 10.9. The van der Waals surface area contributed by atoms with E-state index in [2.05, 4.69) is 15.5 Å². The van der Waals surface area contributed by atoms with Gasteiger partial charge in [0.2, 0.25) is 0 Å². The van der Waals surface area contributed by atoms with Crippen molar-refractivity contribution in [1.82, 2.24) is 14.9 Å². The Labute approximate surface area is 173 Å². The van der Waals surface area contributed by atoms with Gasteiger partial charge >= 0.3 is 0 Å². The van der Waals surface area contributed by atoms with Crippen LogP contribution in [0.25, 0.3) is 11.0 Å². The number of aromatic amines is 1. The van der Waals surface area contributed by atoms with Crippen LogP contribution in [0.2, 0.25) is 5.02 Å². The van der Waals surface area contributed by atoms with E-state index in [1.165, 1.54) is 6.21 Å². The molecule has 1 saturated heterocycles. The molecule has 4 rings (SSSR count). The molecule has 0 radical (unpaired) electrons. The minimum Gasteiger partial charge on any atom is -0.340 e. The molecule has 1 amide bonds. The third-order valence-corrected chi connectivity index (χ3v) is 5.59. The highest BCUT2D eigenvalue weighted by atomic mass is 35.5. The molecule has 1 atom stereocenters. The number of hydrogen-bond donors (Lipinski definition) is 3. The Hall–Kier alpha value is -3.19. The number of hydrogen-bond acceptors (Lipinski definition) is 5. The van der Waals surface area contributed by atoms with Gasteiger partial charge in [0.05, 0.1) is 34.5 Å². The van der Waals surface area contributed by atoms with Crippen LogP contribution in [0.15, 0.2) is 41.5 Å². The summed E-state index contributed by atoms with van der Waals surface area (Å²) in [5.74, 6) is 0.708. The quantitative estimate of drug-likeness (QED) is 0.426. The number of rotatable bonds is 5. The molecular formula is C21H21ClN6O. The molecule has 1 fully saturated rings. The number of anilines is 1. The summed E-state index contributed by atoms with van der Waals surface area (Å²) in [4.78, 5) is 23.3. The first-order valence-corrected chi connectivity index (χ1v) is 9.81. The number of aromatic nitrogens is 2. The van der Waals surface area contributed by atoms with E-state index in [0.29, 0.717) is 22.8 Å². The number of hydrazone groups is 1. The number of nitrogens with one attached hydrogen (secondary N) is 3. The highest BCUT2D eigenvalue weighted by Crippen LogP contribution is 2.35. The number of benzene rings is 2. The number of para-hydroxylation sites is 1. The van der Waals surface area contributed by atoms with E-state index in [1.54, 1.807) is 12.1 Å². The molecule has 148 valence electrons. The molecule has 0 spiro atoms. The SMILES string of the molecule is Cc1c(Cl)ccc2[nH]c([C@@H]3CCCN3C(=O)c3ccccc3N/N=C\C=N)nc12. The number of fused-ring (bicyclic) bond motifs is 1. The first-order valence-electron chi connectivity index (χ1n) is 9.43. The molecule has 0 aliphatic carbocycles. The molecule has 1 aliphatic heterocycles. The Morgan fingerprint density at radius 3 is 3.03 bits per heavy atom. The molecule has 3 N–H and O–H groups in total. The Morgan fingerprint density at radius 1 is 1.38 bits per heavy atom. The predicted molar refractivity (Wildman–Crippen MR) is 116 cm³/mol. The number of nitrogens with zero attached hydrogens (tertiary/aromatic N) is 3. The summed E-state index contributed by atoms with van der Waals surface area (Å²) >= 11 is 6.23. The lowest BCUT2D eigenvalue weighted by molar-refractivity contribution is 0.0731. The maximum Gasteiger partial charge on any atom is 0.256 e. The summed E-state index contributed by atoms with van der Waals surface area (Å²) in [7, 11) is 0. The van der Waals surface area contributed by atoms with Crippen molar-refractivity contribution in [3.05, 3.63) is 58.4 Å². The zero-order valence-corrected chi connectivity index (χ0v) is 16.7. The summed E-state index contributed by atoms with van der Waals surface area (Å²) in [5, 5.41) is 11.6. The third kappa shape index (κ3) is 3.61. The normalized spacial score (nSPS) is 16.6. The molecule has 0 saturated carbocycles. The number of carbonyl (C=O) groups is 1. The molecule has 3 aromatic rings. The van der Waals surface area contributed by atoms with Gasteiger partial charge in [-0.05, 0) is 49.6 Å². The summed E-state index contributed by atoms with van der Waals surface area (Å²) in [5.41, 5.74) is 6.68. The van der Waals surface area contributed by atoms with E-state index in [1.807, 2.05) is 36.1 Å². The van der Waals surface area contributed by atoms with Crippen molar-refractivity contribution in [1.29, 1.82) is 5.41 Å². The highest BCUT2D eigenvalue weighted by molar-refractivity contribution is 6.32. The monoisotopic (exact) mass is 408 g/mol. The number of imidazole rings is 1. The van der Waals surface area contributed by atoms with Gasteiger partial charge in [0, 0.05) is 17.8 Å². The van der Waals surface area contributed by atoms with Crippen LogP contribution < -0.4 is 5.43 Å². The molecular weight excluding hydrogens is 388 g/mol. The van der Waals surface area contributed by atoms with Gasteiger partial charge < -0.3 is 15.3 Å². The van der Waals surface area contributed by atoms with Gasteiger partial charge in [0.15, 0.2) is 0 Å². The molecule has 1 aliphatic rings. The van der Waals surface area contributed by atoms with Crippen LogP contribution >= 0.6 is 11.6 Å². The van der Waals surface area contributed by atoms with E-state index in [0.717, 1.165) is 41.5 Å². The first-order chi connectivity index (χ1) is 14.1. The molecule has 0 bridgehead atoms. The maximum absolute atomic E-state index is 13.3. The van der Waals surface area contributed by atoms with Gasteiger partial charge in [-0.1, -0.05) is 23.7 Å². The fourth-order valence-electron chi connectivity index (χ4n) is 3.72. The fourth-order valence-corrected chi connectivity index (χ4v) is 3.88. The predicted octanol–water partition coefficient (Wildman–Crippen LogP) is 4.55. The zero-order chi connectivity index (χ0) is 20.4. The summed E-state index contributed by atoms with van der Waals surface area (Å²) in [6.45, 7) is 2.61. The van der Waals surface area contributed by atoms with Crippen LogP contribution in [-0.4, -0.2) is 39.7 Å². The number of aryl methyl sites for hydroxylation is 1. The maximum atomic E-state index is 13.3. The average Bonchev–Trinajstić information content (AvgIpc) is 3.38. The van der Waals surface area contributed by atoms with Crippen molar-refractivity contribution < 1.29 is 4.79 Å². The van der Waals surface area contributed by atoms with Crippen LogP contribution in [0.3, 0.4) is 0 Å². The van der Waals surface area contributed by atoms with Crippen molar-refractivity contribution in [3.8, 4) is 0 Å².